The maximum Gasteiger partial charge on any atom is 0.414 e. The Kier molecular flexibility index (Phi) is 7.34. The first-order valence-electron chi connectivity index (χ1n) is 11.8. The van der Waals surface area contributed by atoms with E-state index < -0.39 is 15.9 Å². The number of sulfone groups is 1. The van der Waals surface area contributed by atoms with Crippen LogP contribution in [0.4, 0.5) is 10.5 Å². The van der Waals surface area contributed by atoms with E-state index in [1.165, 1.54) is 13.4 Å². The summed E-state index contributed by atoms with van der Waals surface area (Å²) in [7, 11) is -1.74. The summed E-state index contributed by atoms with van der Waals surface area (Å²) in [6, 6.07) is 3.88. The molecular formula is C24H32N4O6S. The Morgan fingerprint density at radius 3 is 2.74 bits per heavy atom. The number of aryl methyl sites for hydroxylation is 1. The van der Waals surface area contributed by atoms with E-state index in [2.05, 4.69) is 10.4 Å². The second-order valence-electron chi connectivity index (χ2n) is 9.23. The molecule has 2 aromatic rings. The molecule has 10 nitrogen and oxygen atoms in total. The van der Waals surface area contributed by atoms with Gasteiger partial charge in [-0.1, -0.05) is 0 Å². The van der Waals surface area contributed by atoms with E-state index in [1.807, 2.05) is 19.1 Å². The van der Waals surface area contributed by atoms with Crippen molar-refractivity contribution in [2.75, 3.05) is 30.6 Å². The van der Waals surface area contributed by atoms with E-state index in [1.54, 1.807) is 22.0 Å². The number of aromatic nitrogens is 2. The summed E-state index contributed by atoms with van der Waals surface area (Å²) in [5.74, 6) is 0.744. The molecule has 0 spiro atoms. The molecule has 2 aliphatic heterocycles. The smallest absolute Gasteiger partial charge is 0.414 e. The summed E-state index contributed by atoms with van der Waals surface area (Å²) in [4.78, 5) is 25.7. The zero-order valence-electron chi connectivity index (χ0n) is 20.3. The summed E-state index contributed by atoms with van der Waals surface area (Å²) in [5, 5.41) is 7.30. The van der Waals surface area contributed by atoms with Crippen LogP contribution in [0.2, 0.25) is 0 Å². The maximum absolute atomic E-state index is 12.5. The first kappa shape index (κ1) is 25.0. The quantitative estimate of drug-likeness (QED) is 0.587. The number of ether oxygens (including phenoxy) is 2. The van der Waals surface area contributed by atoms with Gasteiger partial charge in [-0.15, -0.1) is 0 Å². The van der Waals surface area contributed by atoms with Gasteiger partial charge in [-0.05, 0) is 38.3 Å². The van der Waals surface area contributed by atoms with E-state index in [4.69, 9.17) is 9.47 Å². The van der Waals surface area contributed by atoms with Crippen molar-refractivity contribution in [1.82, 2.24) is 15.1 Å². The average molecular weight is 505 g/mol. The fourth-order valence-electron chi connectivity index (χ4n) is 4.65. The number of nitrogens with zero attached hydrogens (tertiary/aromatic N) is 3. The summed E-state index contributed by atoms with van der Waals surface area (Å²) < 4.78 is 36.1. The molecular weight excluding hydrogens is 472 g/mol. The monoisotopic (exact) mass is 504 g/mol. The normalized spacial score (nSPS) is 19.9. The van der Waals surface area contributed by atoms with Gasteiger partial charge in [-0.25, -0.2) is 13.2 Å². The Morgan fingerprint density at radius 2 is 2.06 bits per heavy atom. The summed E-state index contributed by atoms with van der Waals surface area (Å²) >= 11 is 0. The predicted octanol–water partition coefficient (Wildman–Crippen LogP) is 2.55. The van der Waals surface area contributed by atoms with Gasteiger partial charge in [0.25, 0.3) is 0 Å². The third-order valence-corrected chi connectivity index (χ3v) is 7.48. The van der Waals surface area contributed by atoms with Crippen LogP contribution in [0.1, 0.15) is 38.2 Å². The van der Waals surface area contributed by atoms with Crippen LogP contribution in [0, 0.1) is 0 Å². The summed E-state index contributed by atoms with van der Waals surface area (Å²) in [6.07, 6.45) is 7.78. The average Bonchev–Trinajstić information content (AvgIpc) is 3.45. The van der Waals surface area contributed by atoms with Crippen molar-refractivity contribution in [1.29, 1.82) is 0 Å². The van der Waals surface area contributed by atoms with Crippen LogP contribution in [-0.4, -0.2) is 68.0 Å². The molecule has 11 heteroatoms. The molecule has 0 aliphatic carbocycles. The van der Waals surface area contributed by atoms with Gasteiger partial charge in [-0.3, -0.25) is 14.4 Å². The highest BCUT2D eigenvalue weighted by Gasteiger charge is 2.32. The molecule has 1 aromatic heterocycles. The standard InChI is InChI=1S/C24H32N4O6S/c1-16-4-6-20-21(28(16)24(30)33-2)8-7-19(17-14-25-27(15-17)11-13-35(3,31)32)23(20)34-12-10-18-5-9-22(29)26-18/h7-8,14-16,18H,4-6,9-13H2,1-3H3,(H,26,29)/t16-,18+/m0/s1. The van der Waals surface area contributed by atoms with Crippen LogP contribution >= 0.6 is 0 Å². The van der Waals surface area contributed by atoms with Crippen LogP contribution in [0.3, 0.4) is 0 Å². The lowest BCUT2D eigenvalue weighted by molar-refractivity contribution is -0.119. The first-order chi connectivity index (χ1) is 16.7. The summed E-state index contributed by atoms with van der Waals surface area (Å²) in [5.41, 5.74) is 3.30. The number of carbonyl (C=O) groups excluding carboxylic acids is 2. The molecule has 1 aromatic carbocycles. The van der Waals surface area contributed by atoms with E-state index >= 15 is 0 Å². The zero-order valence-corrected chi connectivity index (χ0v) is 21.1. The van der Waals surface area contributed by atoms with Crippen molar-refractivity contribution >= 4 is 27.5 Å². The molecule has 1 fully saturated rings. The number of hydrogen-bond donors (Lipinski definition) is 1. The molecule has 4 rings (SSSR count). The summed E-state index contributed by atoms with van der Waals surface area (Å²) in [6.45, 7) is 2.66. The molecule has 190 valence electrons. The Hall–Kier alpha value is -3.08. The van der Waals surface area contributed by atoms with Crippen molar-refractivity contribution in [3.8, 4) is 16.9 Å². The second kappa shape index (κ2) is 10.3. The molecule has 0 saturated carbocycles. The molecule has 0 bridgehead atoms. The van der Waals surface area contributed by atoms with E-state index in [-0.39, 0.29) is 30.3 Å². The van der Waals surface area contributed by atoms with Crippen LogP contribution in [0.15, 0.2) is 24.5 Å². The second-order valence-corrected chi connectivity index (χ2v) is 11.5. The molecule has 0 unspecified atom stereocenters. The first-order valence-corrected chi connectivity index (χ1v) is 13.9. The van der Waals surface area contributed by atoms with Crippen LogP contribution < -0.4 is 15.0 Å². The third kappa shape index (κ3) is 5.77. The van der Waals surface area contributed by atoms with Crippen molar-refractivity contribution in [3.63, 3.8) is 0 Å². The highest BCUT2D eigenvalue weighted by Crippen LogP contribution is 2.43. The van der Waals surface area contributed by atoms with Crippen molar-refractivity contribution < 1.29 is 27.5 Å². The van der Waals surface area contributed by atoms with Crippen LogP contribution in [-0.2, 0) is 32.3 Å². The van der Waals surface area contributed by atoms with Gasteiger partial charge < -0.3 is 14.8 Å². The van der Waals surface area contributed by atoms with Gasteiger partial charge in [-0.2, -0.15) is 5.10 Å². The number of nitrogens with one attached hydrogen (secondary N) is 1. The molecule has 35 heavy (non-hydrogen) atoms. The van der Waals surface area contributed by atoms with E-state index in [0.717, 1.165) is 41.6 Å². The highest BCUT2D eigenvalue weighted by atomic mass is 32.2. The molecule has 2 atom stereocenters. The molecule has 3 heterocycles. The zero-order chi connectivity index (χ0) is 25.2. The minimum absolute atomic E-state index is 0.000745. The third-order valence-electron chi connectivity index (χ3n) is 6.55. The molecule has 1 saturated heterocycles. The fourth-order valence-corrected chi connectivity index (χ4v) is 5.17. The number of fused-ring (bicyclic) bond motifs is 1. The largest absolute Gasteiger partial charge is 0.492 e. The van der Waals surface area contributed by atoms with Gasteiger partial charge in [0.1, 0.15) is 15.6 Å². The lowest BCUT2D eigenvalue weighted by Crippen LogP contribution is -2.42. The fraction of sp³-hybridized carbons (Fsp3) is 0.542. The number of anilines is 1. The predicted molar refractivity (Wildman–Crippen MR) is 131 cm³/mol. The minimum atomic E-state index is -3.11. The van der Waals surface area contributed by atoms with E-state index in [9.17, 15) is 18.0 Å². The van der Waals surface area contributed by atoms with Crippen LogP contribution in [0.5, 0.6) is 5.75 Å². The van der Waals surface area contributed by atoms with Gasteiger partial charge in [0.15, 0.2) is 0 Å². The number of rotatable bonds is 8. The van der Waals surface area contributed by atoms with E-state index in [0.29, 0.717) is 25.2 Å². The number of amides is 2. The number of hydrogen-bond acceptors (Lipinski definition) is 7. The Balaban J connectivity index is 1.66. The van der Waals surface area contributed by atoms with Gasteiger partial charge in [0.05, 0.1) is 37.9 Å². The van der Waals surface area contributed by atoms with Crippen LogP contribution in [0.25, 0.3) is 11.1 Å². The number of carbonyl (C=O) groups is 2. The lowest BCUT2D eigenvalue weighted by atomic mass is 9.92. The molecule has 2 aliphatic rings. The maximum atomic E-state index is 12.5. The molecule has 2 amide bonds. The van der Waals surface area contributed by atoms with Gasteiger partial charge in [0, 0.05) is 54.1 Å². The molecule has 1 N–H and O–H groups in total. The Labute approximate surface area is 205 Å². The highest BCUT2D eigenvalue weighted by molar-refractivity contribution is 7.90. The van der Waals surface area contributed by atoms with Gasteiger partial charge >= 0.3 is 6.09 Å². The molecule has 0 radical (unpaired) electrons. The SMILES string of the molecule is COC(=O)N1c2ccc(-c3cnn(CCS(C)(=O)=O)c3)c(OCC[C@H]3CCC(=O)N3)c2CC[C@@H]1C. The van der Waals surface area contributed by atoms with Crippen molar-refractivity contribution in [2.45, 2.75) is 57.7 Å². The number of methoxy groups -OCH3 is 1. The number of benzene rings is 1. The minimum Gasteiger partial charge on any atom is -0.492 e. The van der Waals surface area contributed by atoms with Gasteiger partial charge in [0.2, 0.25) is 5.91 Å². The topological polar surface area (TPSA) is 120 Å². The Bertz CT molecular complexity index is 1210. The van der Waals surface area contributed by atoms with Crippen molar-refractivity contribution in [2.24, 2.45) is 0 Å². The van der Waals surface area contributed by atoms with Crippen molar-refractivity contribution in [3.05, 3.63) is 30.1 Å². The Morgan fingerprint density at radius 1 is 1.26 bits per heavy atom. The lowest BCUT2D eigenvalue weighted by Gasteiger charge is -2.35.